The normalized spacial score (nSPS) is 15.8. The lowest BCUT2D eigenvalue weighted by atomic mass is 10.0. The monoisotopic (exact) mass is 446 g/mol. The van der Waals surface area contributed by atoms with Gasteiger partial charge < -0.3 is 14.8 Å². The summed E-state index contributed by atoms with van der Waals surface area (Å²) < 4.78 is 11.6. The number of amides is 1. The summed E-state index contributed by atoms with van der Waals surface area (Å²) in [6, 6.07) is 16.5. The lowest BCUT2D eigenvalue weighted by molar-refractivity contribution is -0.121. The van der Waals surface area contributed by atoms with E-state index >= 15 is 0 Å². The quantitative estimate of drug-likeness (QED) is 0.672. The van der Waals surface area contributed by atoms with Crippen LogP contribution in [-0.4, -0.2) is 50.8 Å². The summed E-state index contributed by atoms with van der Waals surface area (Å²) in [5, 5.41) is 3.13. The van der Waals surface area contributed by atoms with Gasteiger partial charge in [0.15, 0.2) is 0 Å². The molecule has 1 atom stereocenters. The lowest BCUT2D eigenvalue weighted by Gasteiger charge is -2.35. The molecule has 0 bridgehead atoms. The summed E-state index contributed by atoms with van der Waals surface area (Å²) in [6.45, 7) is 3.85. The Labute approximate surface area is 175 Å². The van der Waals surface area contributed by atoms with E-state index in [-0.39, 0.29) is 11.9 Å². The first kappa shape index (κ1) is 20.8. The van der Waals surface area contributed by atoms with Gasteiger partial charge in [0.25, 0.3) is 0 Å². The number of halogens is 1. The van der Waals surface area contributed by atoms with Crippen LogP contribution >= 0.6 is 15.9 Å². The van der Waals surface area contributed by atoms with Crippen molar-refractivity contribution in [3.8, 4) is 5.75 Å². The first-order valence-electron chi connectivity index (χ1n) is 9.63. The molecule has 0 aromatic heterocycles. The summed E-state index contributed by atoms with van der Waals surface area (Å²) >= 11 is 3.49. The Hall–Kier alpha value is -1.89. The number of nitrogens with zero attached hydrogens (tertiary/aromatic N) is 1. The van der Waals surface area contributed by atoms with Crippen LogP contribution in [0.3, 0.4) is 0 Å². The van der Waals surface area contributed by atoms with Crippen LogP contribution in [0.25, 0.3) is 0 Å². The highest BCUT2D eigenvalue weighted by Crippen LogP contribution is 2.26. The van der Waals surface area contributed by atoms with E-state index in [1.54, 1.807) is 7.11 Å². The third-order valence-electron chi connectivity index (χ3n) is 5.02. The molecule has 3 rings (SSSR count). The van der Waals surface area contributed by atoms with Crippen molar-refractivity contribution in [3.05, 3.63) is 64.1 Å². The Morgan fingerprint density at radius 1 is 1.21 bits per heavy atom. The number of rotatable bonds is 8. The SMILES string of the molecule is COc1ccc(CCC(=O)NCC(c2ccccc2)N2CCOCC2)cc1Br. The minimum absolute atomic E-state index is 0.0705. The Balaban J connectivity index is 1.55. The van der Waals surface area contributed by atoms with Crippen LogP contribution in [0.15, 0.2) is 53.0 Å². The van der Waals surface area contributed by atoms with Gasteiger partial charge in [-0.15, -0.1) is 0 Å². The first-order valence-corrected chi connectivity index (χ1v) is 10.4. The van der Waals surface area contributed by atoms with Gasteiger partial charge in [-0.3, -0.25) is 9.69 Å². The van der Waals surface area contributed by atoms with E-state index in [1.807, 2.05) is 36.4 Å². The number of carbonyl (C=O) groups is 1. The smallest absolute Gasteiger partial charge is 0.220 e. The van der Waals surface area contributed by atoms with Crippen LogP contribution in [0, 0.1) is 0 Å². The number of hydrogen-bond acceptors (Lipinski definition) is 4. The van der Waals surface area contributed by atoms with E-state index in [0.717, 1.165) is 42.1 Å². The number of carbonyl (C=O) groups excluding carboxylic acids is 1. The van der Waals surface area contributed by atoms with Crippen molar-refractivity contribution < 1.29 is 14.3 Å². The summed E-state index contributed by atoms with van der Waals surface area (Å²) in [5.41, 5.74) is 2.33. The maximum atomic E-state index is 12.5. The van der Waals surface area contributed by atoms with Gasteiger partial charge in [0.1, 0.15) is 5.75 Å². The number of aryl methyl sites for hydroxylation is 1. The second kappa shape index (κ2) is 10.6. The summed E-state index contributed by atoms with van der Waals surface area (Å²) in [7, 11) is 1.64. The second-order valence-electron chi connectivity index (χ2n) is 6.85. The Morgan fingerprint density at radius 3 is 2.64 bits per heavy atom. The van der Waals surface area contributed by atoms with Crippen molar-refractivity contribution in [2.75, 3.05) is 40.0 Å². The Morgan fingerprint density at radius 2 is 1.96 bits per heavy atom. The van der Waals surface area contributed by atoms with Crippen LogP contribution in [0.4, 0.5) is 0 Å². The topological polar surface area (TPSA) is 50.8 Å². The number of hydrogen-bond donors (Lipinski definition) is 1. The molecule has 0 spiro atoms. The number of benzene rings is 2. The lowest BCUT2D eigenvalue weighted by Crippen LogP contribution is -2.43. The molecule has 2 aromatic carbocycles. The minimum Gasteiger partial charge on any atom is -0.496 e. The van der Waals surface area contributed by atoms with Gasteiger partial charge in [0.2, 0.25) is 5.91 Å². The molecule has 0 aliphatic carbocycles. The molecule has 0 radical (unpaired) electrons. The molecule has 1 amide bonds. The first-order chi connectivity index (χ1) is 13.7. The zero-order valence-electron chi connectivity index (χ0n) is 16.2. The molecule has 1 aliphatic rings. The molecule has 1 heterocycles. The van der Waals surface area contributed by atoms with Crippen LogP contribution in [0.5, 0.6) is 5.75 Å². The third kappa shape index (κ3) is 5.80. The van der Waals surface area contributed by atoms with Crippen molar-refractivity contribution in [3.63, 3.8) is 0 Å². The van der Waals surface area contributed by atoms with Crippen LogP contribution in [0.1, 0.15) is 23.6 Å². The van der Waals surface area contributed by atoms with Crippen molar-refractivity contribution in [2.24, 2.45) is 0 Å². The van der Waals surface area contributed by atoms with Gasteiger partial charge in [-0.25, -0.2) is 0 Å². The molecule has 1 N–H and O–H groups in total. The van der Waals surface area contributed by atoms with Gasteiger partial charge in [0, 0.05) is 26.1 Å². The fraction of sp³-hybridized carbons (Fsp3) is 0.409. The van der Waals surface area contributed by atoms with Crippen LogP contribution < -0.4 is 10.1 Å². The summed E-state index contributed by atoms with van der Waals surface area (Å²) in [4.78, 5) is 14.8. The van der Waals surface area contributed by atoms with Gasteiger partial charge in [-0.1, -0.05) is 36.4 Å². The molecule has 0 saturated carbocycles. The van der Waals surface area contributed by atoms with Crippen molar-refractivity contribution in [2.45, 2.75) is 18.9 Å². The van der Waals surface area contributed by atoms with Crippen molar-refractivity contribution in [1.82, 2.24) is 10.2 Å². The maximum absolute atomic E-state index is 12.5. The molecule has 5 nitrogen and oxygen atoms in total. The number of nitrogens with one attached hydrogen (secondary N) is 1. The average molecular weight is 447 g/mol. The Kier molecular flexibility index (Phi) is 7.89. The van der Waals surface area contributed by atoms with Gasteiger partial charge in [-0.2, -0.15) is 0 Å². The average Bonchev–Trinajstić information content (AvgIpc) is 2.74. The largest absolute Gasteiger partial charge is 0.496 e. The van der Waals surface area contributed by atoms with E-state index in [1.165, 1.54) is 5.56 Å². The molecular formula is C22H27BrN2O3. The molecule has 1 unspecified atom stereocenters. The molecule has 2 aromatic rings. The minimum atomic E-state index is 0.0705. The zero-order valence-corrected chi connectivity index (χ0v) is 17.8. The second-order valence-corrected chi connectivity index (χ2v) is 7.70. The molecule has 6 heteroatoms. The summed E-state index contributed by atoms with van der Waals surface area (Å²) in [6.07, 6.45) is 1.16. The van der Waals surface area contributed by atoms with Crippen molar-refractivity contribution in [1.29, 1.82) is 0 Å². The third-order valence-corrected chi connectivity index (χ3v) is 5.64. The highest BCUT2D eigenvalue weighted by molar-refractivity contribution is 9.10. The fourth-order valence-corrected chi connectivity index (χ4v) is 4.03. The number of ether oxygens (including phenoxy) is 2. The van der Waals surface area contributed by atoms with Gasteiger partial charge in [0.05, 0.1) is 30.8 Å². The fourth-order valence-electron chi connectivity index (χ4n) is 3.44. The molecule has 1 aliphatic heterocycles. The number of morpholine rings is 1. The predicted molar refractivity (Wildman–Crippen MR) is 114 cm³/mol. The van der Waals surface area contributed by atoms with E-state index in [2.05, 4.69) is 38.3 Å². The zero-order chi connectivity index (χ0) is 19.8. The highest BCUT2D eigenvalue weighted by Gasteiger charge is 2.23. The molecule has 1 fully saturated rings. The summed E-state index contributed by atoms with van der Waals surface area (Å²) in [5.74, 6) is 0.866. The standard InChI is InChI=1S/C22H27BrN2O3/c1-27-21-9-7-17(15-19(21)23)8-10-22(26)24-16-20(18-5-3-2-4-6-18)25-11-13-28-14-12-25/h2-7,9,15,20H,8,10-14,16H2,1H3,(H,24,26). The predicted octanol–water partition coefficient (Wildman–Crippen LogP) is 3.58. The van der Waals surface area contributed by atoms with E-state index in [0.29, 0.717) is 19.4 Å². The van der Waals surface area contributed by atoms with Gasteiger partial charge in [-0.05, 0) is 45.6 Å². The van der Waals surface area contributed by atoms with E-state index in [9.17, 15) is 4.79 Å². The maximum Gasteiger partial charge on any atom is 0.220 e. The molecule has 28 heavy (non-hydrogen) atoms. The van der Waals surface area contributed by atoms with Crippen LogP contribution in [-0.2, 0) is 16.0 Å². The van der Waals surface area contributed by atoms with Crippen molar-refractivity contribution >= 4 is 21.8 Å². The molecular weight excluding hydrogens is 420 g/mol. The van der Waals surface area contributed by atoms with E-state index < -0.39 is 0 Å². The van der Waals surface area contributed by atoms with E-state index in [4.69, 9.17) is 9.47 Å². The molecule has 1 saturated heterocycles. The van der Waals surface area contributed by atoms with Gasteiger partial charge >= 0.3 is 0 Å². The van der Waals surface area contributed by atoms with Crippen LogP contribution in [0.2, 0.25) is 0 Å². The molecule has 150 valence electrons. The Bertz CT molecular complexity index is 764. The number of methoxy groups -OCH3 is 1. The highest BCUT2D eigenvalue weighted by atomic mass is 79.9.